The van der Waals surface area contributed by atoms with Crippen LogP contribution in [0.15, 0.2) is 23.9 Å². The van der Waals surface area contributed by atoms with Gasteiger partial charge in [0.05, 0.1) is 10.7 Å². The Morgan fingerprint density at radius 3 is 2.70 bits per heavy atom. The zero-order valence-electron chi connectivity index (χ0n) is 11.3. The summed E-state index contributed by atoms with van der Waals surface area (Å²) in [6, 6.07) is 5.60. The molecule has 20 heavy (non-hydrogen) atoms. The zero-order valence-corrected chi connectivity index (χ0v) is 12.8. The van der Waals surface area contributed by atoms with Crippen LogP contribution in [0.5, 0.6) is 0 Å². The molecule has 0 spiro atoms. The molecule has 0 saturated carbocycles. The van der Waals surface area contributed by atoms with E-state index in [1.54, 1.807) is 0 Å². The maximum Gasteiger partial charge on any atom is 0.263 e. The van der Waals surface area contributed by atoms with E-state index in [2.05, 4.69) is 10.6 Å². The van der Waals surface area contributed by atoms with E-state index in [1.807, 2.05) is 32.0 Å². The van der Waals surface area contributed by atoms with E-state index in [9.17, 15) is 4.79 Å². The molecule has 0 radical (unpaired) electrons. The molecule has 0 atom stereocenters. The largest absolute Gasteiger partial charge is 0.359 e. The second-order valence-electron chi connectivity index (χ2n) is 4.20. The summed E-state index contributed by atoms with van der Waals surface area (Å²) in [7, 11) is 0. The van der Waals surface area contributed by atoms with Crippen molar-refractivity contribution < 1.29 is 4.79 Å². The number of carbonyl (C=O) groups excluding carboxylic acids is 1. The number of anilines is 1. The van der Waals surface area contributed by atoms with Crippen LogP contribution in [0, 0.1) is 25.2 Å². The lowest BCUT2D eigenvalue weighted by molar-refractivity contribution is -0.117. The molecule has 1 aromatic carbocycles. The zero-order chi connectivity index (χ0) is 15.1. The van der Waals surface area contributed by atoms with E-state index in [0.717, 1.165) is 11.1 Å². The molecule has 0 unspecified atom stereocenters. The van der Waals surface area contributed by atoms with Crippen LogP contribution in [-0.4, -0.2) is 18.3 Å². The molecule has 1 aromatic rings. The number of aryl methyl sites for hydroxylation is 2. The van der Waals surface area contributed by atoms with Gasteiger partial charge < -0.3 is 10.6 Å². The van der Waals surface area contributed by atoms with Crippen LogP contribution in [-0.2, 0) is 4.79 Å². The molecular formula is C14H15Cl2N3O. The van der Waals surface area contributed by atoms with Crippen LogP contribution in [0.4, 0.5) is 5.69 Å². The van der Waals surface area contributed by atoms with Crippen molar-refractivity contribution in [2.75, 3.05) is 17.7 Å². The summed E-state index contributed by atoms with van der Waals surface area (Å²) in [4.78, 5) is 11.6. The molecule has 0 saturated heterocycles. The number of rotatable bonds is 5. The quantitative estimate of drug-likeness (QED) is 0.499. The number of hydrogen-bond donors (Lipinski definition) is 2. The molecule has 0 heterocycles. The average molecular weight is 312 g/mol. The lowest BCUT2D eigenvalue weighted by atomic mass is 10.1. The summed E-state index contributed by atoms with van der Waals surface area (Å²) >= 11 is 11.6. The fourth-order valence-electron chi connectivity index (χ4n) is 1.65. The highest BCUT2D eigenvalue weighted by Gasteiger charge is 2.09. The lowest BCUT2D eigenvalue weighted by Crippen LogP contribution is -2.26. The van der Waals surface area contributed by atoms with Gasteiger partial charge in [-0.1, -0.05) is 17.7 Å². The second kappa shape index (κ2) is 7.78. The SMILES string of the molecule is Cc1cc(C)c(N/C=C(/C#N)C(=O)NCCCl)c(Cl)c1. The Hall–Kier alpha value is -1.70. The fourth-order valence-corrected chi connectivity index (χ4v) is 2.12. The molecule has 0 aliphatic carbocycles. The maximum absolute atomic E-state index is 11.6. The summed E-state index contributed by atoms with van der Waals surface area (Å²) in [5.74, 6) is -0.178. The predicted octanol–water partition coefficient (Wildman–Crippen LogP) is 3.13. The van der Waals surface area contributed by atoms with Crippen molar-refractivity contribution in [2.45, 2.75) is 13.8 Å². The van der Waals surface area contributed by atoms with Crippen molar-refractivity contribution in [1.82, 2.24) is 5.32 Å². The molecule has 1 amide bonds. The number of amides is 1. The minimum atomic E-state index is -0.471. The van der Waals surface area contributed by atoms with Crippen molar-refractivity contribution >= 4 is 34.8 Å². The Kier molecular flexibility index (Phi) is 6.37. The Morgan fingerprint density at radius 2 is 2.15 bits per heavy atom. The van der Waals surface area contributed by atoms with Crippen molar-refractivity contribution in [3.8, 4) is 6.07 Å². The second-order valence-corrected chi connectivity index (χ2v) is 4.98. The smallest absolute Gasteiger partial charge is 0.263 e. The summed E-state index contributed by atoms with van der Waals surface area (Å²) in [6.07, 6.45) is 1.34. The number of halogens is 2. The molecule has 0 bridgehead atoms. The first-order chi connectivity index (χ1) is 9.49. The van der Waals surface area contributed by atoms with E-state index in [0.29, 0.717) is 23.1 Å². The van der Waals surface area contributed by atoms with E-state index in [1.165, 1.54) is 6.20 Å². The summed E-state index contributed by atoms with van der Waals surface area (Å²) in [5, 5.41) is 14.9. The third kappa shape index (κ3) is 4.44. The van der Waals surface area contributed by atoms with Crippen molar-refractivity contribution in [3.05, 3.63) is 40.1 Å². The van der Waals surface area contributed by atoms with Gasteiger partial charge in [0.15, 0.2) is 0 Å². The lowest BCUT2D eigenvalue weighted by Gasteiger charge is -2.10. The first-order valence-corrected chi connectivity index (χ1v) is 6.88. The number of nitrogens with one attached hydrogen (secondary N) is 2. The highest BCUT2D eigenvalue weighted by molar-refractivity contribution is 6.33. The minimum Gasteiger partial charge on any atom is -0.359 e. The predicted molar refractivity (Wildman–Crippen MR) is 82.0 cm³/mol. The Bertz CT molecular complexity index is 553. The molecule has 1 rings (SSSR count). The highest BCUT2D eigenvalue weighted by atomic mass is 35.5. The standard InChI is InChI=1S/C14H15Cl2N3O/c1-9-5-10(2)13(12(16)6-9)19-8-11(7-17)14(20)18-4-3-15/h5-6,8,19H,3-4H2,1-2H3,(H,18,20)/b11-8-. The molecule has 0 aliphatic rings. The van der Waals surface area contributed by atoms with Crippen LogP contribution in [0.25, 0.3) is 0 Å². The fraction of sp³-hybridized carbons (Fsp3) is 0.286. The first-order valence-electron chi connectivity index (χ1n) is 5.97. The molecule has 0 aliphatic heterocycles. The molecule has 2 N–H and O–H groups in total. The molecular weight excluding hydrogens is 297 g/mol. The molecule has 6 heteroatoms. The van der Waals surface area contributed by atoms with Crippen molar-refractivity contribution in [2.24, 2.45) is 0 Å². The third-order valence-electron chi connectivity index (χ3n) is 2.54. The van der Waals surface area contributed by atoms with Crippen LogP contribution in [0.3, 0.4) is 0 Å². The third-order valence-corrected chi connectivity index (χ3v) is 3.02. The van der Waals surface area contributed by atoms with Crippen LogP contribution in [0.1, 0.15) is 11.1 Å². The number of nitriles is 1. The monoisotopic (exact) mass is 311 g/mol. The van der Waals surface area contributed by atoms with E-state index in [4.69, 9.17) is 28.5 Å². The number of hydrogen-bond acceptors (Lipinski definition) is 3. The Labute approximate surface area is 128 Å². The minimum absolute atomic E-state index is 0.0360. The van der Waals surface area contributed by atoms with E-state index in [-0.39, 0.29) is 5.57 Å². The first kappa shape index (κ1) is 16.4. The molecule has 106 valence electrons. The molecule has 4 nitrogen and oxygen atoms in total. The highest BCUT2D eigenvalue weighted by Crippen LogP contribution is 2.27. The van der Waals surface area contributed by atoms with Crippen LogP contribution < -0.4 is 10.6 Å². The summed E-state index contributed by atoms with van der Waals surface area (Å²) in [6.45, 7) is 4.15. The Morgan fingerprint density at radius 1 is 1.45 bits per heavy atom. The van der Waals surface area contributed by atoms with Gasteiger partial charge in [0.25, 0.3) is 5.91 Å². The molecule has 0 aromatic heterocycles. The topological polar surface area (TPSA) is 64.9 Å². The van der Waals surface area contributed by atoms with E-state index >= 15 is 0 Å². The van der Waals surface area contributed by atoms with Crippen molar-refractivity contribution in [3.63, 3.8) is 0 Å². The van der Waals surface area contributed by atoms with Gasteiger partial charge in [-0.05, 0) is 31.0 Å². The summed E-state index contributed by atoms with van der Waals surface area (Å²) < 4.78 is 0. The van der Waals surface area contributed by atoms with Gasteiger partial charge in [-0.25, -0.2) is 0 Å². The van der Waals surface area contributed by atoms with Gasteiger partial charge in [0.1, 0.15) is 11.6 Å². The van der Waals surface area contributed by atoms with Crippen LogP contribution in [0.2, 0.25) is 5.02 Å². The van der Waals surface area contributed by atoms with E-state index < -0.39 is 5.91 Å². The van der Waals surface area contributed by atoms with Gasteiger partial charge in [0, 0.05) is 18.6 Å². The van der Waals surface area contributed by atoms with Gasteiger partial charge in [-0.2, -0.15) is 5.26 Å². The number of alkyl halides is 1. The summed E-state index contributed by atoms with van der Waals surface area (Å²) in [5.41, 5.74) is 2.62. The number of benzene rings is 1. The molecule has 0 fully saturated rings. The van der Waals surface area contributed by atoms with Gasteiger partial charge >= 0.3 is 0 Å². The number of carbonyl (C=O) groups is 1. The average Bonchev–Trinajstić information content (AvgIpc) is 2.39. The van der Waals surface area contributed by atoms with Gasteiger partial charge in [-0.3, -0.25) is 4.79 Å². The van der Waals surface area contributed by atoms with Gasteiger partial charge in [0.2, 0.25) is 0 Å². The Balaban J connectivity index is 2.90. The van der Waals surface area contributed by atoms with Crippen LogP contribution >= 0.6 is 23.2 Å². The number of nitrogens with zero attached hydrogens (tertiary/aromatic N) is 1. The maximum atomic E-state index is 11.6. The van der Waals surface area contributed by atoms with Crippen molar-refractivity contribution in [1.29, 1.82) is 5.26 Å². The van der Waals surface area contributed by atoms with Gasteiger partial charge in [-0.15, -0.1) is 11.6 Å². The normalized spacial score (nSPS) is 10.8.